The minimum absolute atomic E-state index is 0.108. The van der Waals surface area contributed by atoms with Crippen LogP contribution in [0.2, 0.25) is 0 Å². The Balaban J connectivity index is 2.55. The Bertz CT molecular complexity index is 1810. The van der Waals surface area contributed by atoms with Crippen molar-refractivity contribution < 1.29 is 49.3 Å². The van der Waals surface area contributed by atoms with Gasteiger partial charge in [-0.1, -0.05) is 331 Å². The number of unbranched alkanes of at least 4 members (excludes halogenated alkanes) is 40. The van der Waals surface area contributed by atoms with E-state index in [9.17, 15) is 35.1 Å². The van der Waals surface area contributed by atoms with Gasteiger partial charge in [-0.25, -0.2) is 0 Å². The van der Waals surface area contributed by atoms with Gasteiger partial charge in [0.25, 0.3) is 0 Å². The summed E-state index contributed by atoms with van der Waals surface area (Å²) in [5.41, 5.74) is 0. The van der Waals surface area contributed by atoms with Gasteiger partial charge in [-0.05, 0) is 96.3 Å². The molecule has 8 unspecified atom stereocenters. The van der Waals surface area contributed by atoms with Crippen molar-refractivity contribution in [2.75, 3.05) is 13.2 Å². The Kier molecular flexibility index (Phi) is 63.1. The lowest BCUT2D eigenvalue weighted by Gasteiger charge is -2.41. The number of nitrogens with one attached hydrogen (secondary N) is 1. The molecule has 11 nitrogen and oxygen atoms in total. The number of allylic oxidation sites excluding steroid dienone is 13. The van der Waals surface area contributed by atoms with Crippen molar-refractivity contribution in [1.82, 2.24) is 5.32 Å². The molecule has 1 heterocycles. The molecule has 11 heteroatoms. The molecule has 0 spiro atoms. The number of hydrogen-bond donors (Lipinski definition) is 6. The van der Waals surface area contributed by atoms with Crippen LogP contribution >= 0.6 is 0 Å². The van der Waals surface area contributed by atoms with Gasteiger partial charge in [0.05, 0.1) is 25.4 Å². The molecule has 0 radical (unpaired) electrons. The summed E-state index contributed by atoms with van der Waals surface area (Å²) in [5, 5.41) is 57.4. The lowest BCUT2D eigenvalue weighted by molar-refractivity contribution is -0.305. The molecular formula is C80H143NO10. The van der Waals surface area contributed by atoms with Gasteiger partial charge in [0.1, 0.15) is 24.4 Å². The second-order valence-corrected chi connectivity index (χ2v) is 26.4. The molecule has 0 aromatic rings. The fourth-order valence-electron chi connectivity index (χ4n) is 11.8. The number of carbonyl (C=O) groups is 2. The van der Waals surface area contributed by atoms with E-state index in [-0.39, 0.29) is 13.0 Å². The maximum absolute atomic E-state index is 13.5. The van der Waals surface area contributed by atoms with E-state index < -0.39 is 67.4 Å². The van der Waals surface area contributed by atoms with Crippen molar-refractivity contribution in [2.24, 2.45) is 0 Å². The van der Waals surface area contributed by atoms with E-state index in [0.717, 1.165) is 116 Å². The number of hydrogen-bond acceptors (Lipinski definition) is 10. The minimum atomic E-state index is -1.62. The first-order chi connectivity index (χ1) is 44.7. The third-order valence-corrected chi connectivity index (χ3v) is 17.8. The molecule has 91 heavy (non-hydrogen) atoms. The van der Waals surface area contributed by atoms with Crippen molar-refractivity contribution in [3.8, 4) is 0 Å². The van der Waals surface area contributed by atoms with Gasteiger partial charge in [0.15, 0.2) is 12.4 Å². The average Bonchev–Trinajstić information content (AvgIpc) is 1.01. The molecule has 1 aliphatic heterocycles. The Hall–Kier alpha value is -3.16. The highest BCUT2D eigenvalue weighted by Crippen LogP contribution is 2.26. The Morgan fingerprint density at radius 3 is 1.20 bits per heavy atom. The molecule has 1 aliphatic rings. The number of ether oxygens (including phenoxy) is 3. The first-order valence-corrected chi connectivity index (χ1v) is 38.4. The maximum Gasteiger partial charge on any atom is 0.306 e. The summed E-state index contributed by atoms with van der Waals surface area (Å²) in [6, 6.07) is -1.03. The quantitative estimate of drug-likeness (QED) is 0.0195. The predicted octanol–water partition coefficient (Wildman–Crippen LogP) is 20.4. The normalized spacial score (nSPS) is 18.4. The summed E-state index contributed by atoms with van der Waals surface area (Å²) in [4.78, 5) is 26.8. The summed E-state index contributed by atoms with van der Waals surface area (Å²) in [6.45, 7) is 5.72. The molecule has 8 atom stereocenters. The third kappa shape index (κ3) is 53.7. The zero-order valence-electron chi connectivity index (χ0n) is 59.0. The second kappa shape index (κ2) is 66.8. The molecule has 0 aliphatic carbocycles. The highest BCUT2D eigenvalue weighted by molar-refractivity contribution is 5.80. The van der Waals surface area contributed by atoms with E-state index in [1.54, 1.807) is 6.08 Å². The largest absolute Gasteiger partial charge is 0.454 e. The number of rotatable bonds is 66. The lowest BCUT2D eigenvalue weighted by atomic mass is 9.99. The van der Waals surface area contributed by atoms with Crippen LogP contribution in [0, 0.1) is 0 Å². The van der Waals surface area contributed by atoms with E-state index in [0.29, 0.717) is 19.3 Å². The molecule has 0 saturated carbocycles. The monoisotopic (exact) mass is 1280 g/mol. The van der Waals surface area contributed by atoms with Gasteiger partial charge in [-0.15, -0.1) is 0 Å². The van der Waals surface area contributed by atoms with Crippen molar-refractivity contribution in [3.05, 3.63) is 85.1 Å². The van der Waals surface area contributed by atoms with Crippen LogP contribution in [0.15, 0.2) is 85.1 Å². The highest BCUT2D eigenvalue weighted by Gasteiger charge is 2.47. The summed E-state index contributed by atoms with van der Waals surface area (Å²) in [7, 11) is 0. The number of amides is 1. The molecule has 1 fully saturated rings. The van der Waals surface area contributed by atoms with Crippen LogP contribution in [0.5, 0.6) is 0 Å². The Morgan fingerprint density at radius 1 is 0.440 bits per heavy atom. The summed E-state index contributed by atoms with van der Waals surface area (Å²) in [5.74, 6) is -1.20. The molecule has 0 aromatic heterocycles. The fraction of sp³-hybridized carbons (Fsp3) is 0.800. The first kappa shape index (κ1) is 85.9. The van der Waals surface area contributed by atoms with Crippen LogP contribution < -0.4 is 5.32 Å². The van der Waals surface area contributed by atoms with Crippen LogP contribution in [-0.2, 0) is 23.8 Å². The molecule has 0 aromatic carbocycles. The molecule has 528 valence electrons. The maximum atomic E-state index is 13.5. The van der Waals surface area contributed by atoms with Crippen molar-refractivity contribution in [2.45, 2.75) is 397 Å². The number of aliphatic hydroxyl groups is 5. The molecular weight excluding hydrogens is 1130 g/mol. The first-order valence-electron chi connectivity index (χ1n) is 38.4. The van der Waals surface area contributed by atoms with Crippen molar-refractivity contribution >= 4 is 11.9 Å². The van der Waals surface area contributed by atoms with Crippen LogP contribution in [-0.4, -0.2) is 99.6 Å². The fourth-order valence-corrected chi connectivity index (χ4v) is 11.8. The summed E-state index contributed by atoms with van der Waals surface area (Å²) >= 11 is 0. The summed E-state index contributed by atoms with van der Waals surface area (Å²) in [6.07, 6.45) is 79.1. The molecule has 1 rings (SSSR count). The SMILES string of the molecule is CC/C=C\C/C=C\C/C=C\C/C=C\C/C=C\CCCCCCCCCC(=O)OC1C(OCC(NC(=O)C(O)CCCCCCCCCCCCCCCCCC/C=C/CCCCCCCC)C(O)/C=C/CCCCCCCCCCCCC)OC(CO)C(O)C1O. The number of aliphatic hydroxyl groups excluding tert-OH is 5. The van der Waals surface area contributed by atoms with Gasteiger partial charge < -0.3 is 45.1 Å². The van der Waals surface area contributed by atoms with Crippen LogP contribution in [0.25, 0.3) is 0 Å². The van der Waals surface area contributed by atoms with E-state index >= 15 is 0 Å². The molecule has 6 N–H and O–H groups in total. The zero-order chi connectivity index (χ0) is 66.0. The van der Waals surface area contributed by atoms with E-state index in [4.69, 9.17) is 14.2 Å². The van der Waals surface area contributed by atoms with Gasteiger partial charge in [-0.3, -0.25) is 9.59 Å². The lowest BCUT2D eigenvalue weighted by Crippen LogP contribution is -2.61. The van der Waals surface area contributed by atoms with E-state index in [2.05, 4.69) is 99.0 Å². The smallest absolute Gasteiger partial charge is 0.306 e. The Morgan fingerprint density at radius 2 is 0.791 bits per heavy atom. The van der Waals surface area contributed by atoms with E-state index in [1.165, 1.54) is 186 Å². The molecule has 1 saturated heterocycles. The van der Waals surface area contributed by atoms with Crippen molar-refractivity contribution in [3.63, 3.8) is 0 Å². The molecule has 1 amide bonds. The van der Waals surface area contributed by atoms with Crippen LogP contribution in [0.4, 0.5) is 0 Å². The average molecular weight is 1280 g/mol. The topological polar surface area (TPSA) is 175 Å². The van der Waals surface area contributed by atoms with Crippen LogP contribution in [0.1, 0.15) is 348 Å². The van der Waals surface area contributed by atoms with E-state index in [1.807, 2.05) is 6.08 Å². The zero-order valence-corrected chi connectivity index (χ0v) is 59.0. The van der Waals surface area contributed by atoms with Crippen molar-refractivity contribution in [1.29, 1.82) is 0 Å². The van der Waals surface area contributed by atoms with Gasteiger partial charge in [0, 0.05) is 6.42 Å². The number of carbonyl (C=O) groups excluding carboxylic acids is 2. The predicted molar refractivity (Wildman–Crippen MR) is 384 cm³/mol. The van der Waals surface area contributed by atoms with Crippen LogP contribution in [0.3, 0.4) is 0 Å². The van der Waals surface area contributed by atoms with Gasteiger partial charge in [0.2, 0.25) is 5.91 Å². The standard InChI is InChI=1S/C80H143NO10/c1-4-7-10-13-16-19-22-25-27-29-31-33-35-36-37-39-40-42-44-46-49-52-55-58-61-64-67-73(84)79(88)81-71(72(83)66-63-60-57-54-51-48-24-21-18-15-12-9-6-3)70-89-80-78(77(87)76(86)74(69-82)90-80)91-75(85)68-65-62-59-56-53-50-47-45-43-41-38-34-32-30-28-26-23-20-17-14-11-8-5-2/h8,11,17,20,25-28,32,34,41,43,63,66,71-74,76-78,80,82-84,86-87H,4-7,9-10,12-16,18-19,21-24,29-31,33,35-40,42,44-62,64-65,67-70H2,1-3H3,(H,81,88)/b11-8-,20-17-,27-25+,28-26-,34-32-,43-41-,66-63+. The second-order valence-electron chi connectivity index (χ2n) is 26.4. The molecule has 0 bridgehead atoms. The minimum Gasteiger partial charge on any atom is -0.454 e. The van der Waals surface area contributed by atoms with Gasteiger partial charge in [-0.2, -0.15) is 0 Å². The van der Waals surface area contributed by atoms with Gasteiger partial charge >= 0.3 is 5.97 Å². The number of esters is 1. The summed E-state index contributed by atoms with van der Waals surface area (Å²) < 4.78 is 17.7. The highest BCUT2D eigenvalue weighted by atomic mass is 16.7. The Labute approximate surface area is 559 Å². The third-order valence-electron chi connectivity index (χ3n) is 17.8.